The molecule has 0 radical (unpaired) electrons. The van der Waals surface area contributed by atoms with Gasteiger partial charge in [-0.1, -0.05) is 25.1 Å². The van der Waals surface area contributed by atoms with E-state index in [1.165, 1.54) is 0 Å². The molecular formula is C17H21N3O. The van der Waals surface area contributed by atoms with Crippen LogP contribution in [-0.4, -0.2) is 17.4 Å². The maximum Gasteiger partial charge on any atom is 0.253 e. The summed E-state index contributed by atoms with van der Waals surface area (Å²) in [6.45, 7) is 5.37. The van der Waals surface area contributed by atoms with Gasteiger partial charge in [-0.05, 0) is 37.1 Å². The van der Waals surface area contributed by atoms with Crippen molar-refractivity contribution in [2.75, 3.05) is 11.9 Å². The van der Waals surface area contributed by atoms with Crippen LogP contribution in [0.5, 0.6) is 0 Å². The normalized spacial score (nSPS) is 10.2. The van der Waals surface area contributed by atoms with Crippen LogP contribution in [0.3, 0.4) is 0 Å². The van der Waals surface area contributed by atoms with E-state index in [2.05, 4.69) is 22.5 Å². The van der Waals surface area contributed by atoms with Crippen LogP contribution < -0.4 is 10.6 Å². The molecule has 110 valence electrons. The van der Waals surface area contributed by atoms with Gasteiger partial charge in [0.1, 0.15) is 0 Å². The fourth-order valence-electron chi connectivity index (χ4n) is 1.98. The number of aromatic nitrogens is 1. The van der Waals surface area contributed by atoms with Gasteiger partial charge in [-0.2, -0.15) is 0 Å². The fraction of sp³-hybridized carbons (Fsp3) is 0.294. The summed E-state index contributed by atoms with van der Waals surface area (Å²) in [6, 6.07) is 11.5. The average Bonchev–Trinajstić information content (AvgIpc) is 2.52. The number of aryl methyl sites for hydroxylation is 1. The Morgan fingerprint density at radius 2 is 2.00 bits per heavy atom. The lowest BCUT2D eigenvalue weighted by Crippen LogP contribution is -2.24. The molecule has 2 aromatic rings. The van der Waals surface area contributed by atoms with E-state index in [-0.39, 0.29) is 5.91 Å². The number of para-hydroxylation sites is 1. The Balaban J connectivity index is 2.01. The van der Waals surface area contributed by atoms with Crippen LogP contribution in [0.15, 0.2) is 42.6 Å². The highest BCUT2D eigenvalue weighted by molar-refractivity contribution is 5.99. The molecule has 0 atom stereocenters. The van der Waals surface area contributed by atoms with Crippen LogP contribution in [0, 0.1) is 6.92 Å². The number of hydrogen-bond acceptors (Lipinski definition) is 3. The molecule has 1 aromatic carbocycles. The summed E-state index contributed by atoms with van der Waals surface area (Å²) in [4.78, 5) is 16.5. The van der Waals surface area contributed by atoms with E-state index in [0.29, 0.717) is 12.1 Å². The van der Waals surface area contributed by atoms with Gasteiger partial charge >= 0.3 is 0 Å². The Kier molecular flexibility index (Phi) is 5.32. The molecule has 0 bridgehead atoms. The first-order chi connectivity index (χ1) is 10.2. The topological polar surface area (TPSA) is 54.0 Å². The number of anilines is 1. The highest BCUT2D eigenvalue weighted by Gasteiger charge is 2.10. The second-order valence-electron chi connectivity index (χ2n) is 4.96. The Bertz CT molecular complexity index is 593. The molecule has 1 heterocycles. The molecule has 4 nitrogen and oxygen atoms in total. The predicted octanol–water partition coefficient (Wildman–Crippen LogP) is 3.14. The third kappa shape index (κ3) is 4.31. The Morgan fingerprint density at radius 1 is 1.19 bits per heavy atom. The second-order valence-corrected chi connectivity index (χ2v) is 4.96. The number of hydrogen-bond donors (Lipinski definition) is 2. The molecule has 0 spiro atoms. The maximum atomic E-state index is 12.3. The van der Waals surface area contributed by atoms with E-state index in [1.54, 1.807) is 6.20 Å². The summed E-state index contributed by atoms with van der Waals surface area (Å²) in [5, 5.41) is 6.21. The zero-order valence-electron chi connectivity index (χ0n) is 12.5. The van der Waals surface area contributed by atoms with Gasteiger partial charge in [0.25, 0.3) is 5.91 Å². The number of nitrogens with one attached hydrogen (secondary N) is 2. The van der Waals surface area contributed by atoms with E-state index in [1.807, 2.05) is 43.3 Å². The number of amides is 1. The average molecular weight is 283 g/mol. The molecular weight excluding hydrogens is 262 g/mol. The fourth-order valence-corrected chi connectivity index (χ4v) is 1.98. The third-order valence-corrected chi connectivity index (χ3v) is 3.16. The zero-order valence-corrected chi connectivity index (χ0v) is 12.5. The Morgan fingerprint density at radius 3 is 2.71 bits per heavy atom. The van der Waals surface area contributed by atoms with Crippen molar-refractivity contribution in [3.05, 3.63) is 59.4 Å². The smallest absolute Gasteiger partial charge is 0.253 e. The van der Waals surface area contributed by atoms with Gasteiger partial charge in [0.2, 0.25) is 0 Å². The van der Waals surface area contributed by atoms with Gasteiger partial charge in [0.05, 0.1) is 5.56 Å². The molecule has 2 rings (SSSR count). The highest BCUT2D eigenvalue weighted by atomic mass is 16.1. The molecule has 0 saturated heterocycles. The molecule has 21 heavy (non-hydrogen) atoms. The highest BCUT2D eigenvalue weighted by Crippen LogP contribution is 2.15. The van der Waals surface area contributed by atoms with E-state index < -0.39 is 0 Å². The van der Waals surface area contributed by atoms with Crippen molar-refractivity contribution in [2.45, 2.75) is 26.8 Å². The maximum absolute atomic E-state index is 12.3. The van der Waals surface area contributed by atoms with Crippen molar-refractivity contribution < 1.29 is 4.79 Å². The second kappa shape index (κ2) is 7.43. The molecule has 0 aliphatic carbocycles. The SMILES string of the molecule is CCCNc1ccccc1C(=O)NCc1ccc(C)nc1. The first kappa shape index (κ1) is 15.0. The van der Waals surface area contributed by atoms with Gasteiger partial charge in [0.15, 0.2) is 0 Å². The summed E-state index contributed by atoms with van der Waals surface area (Å²) in [5.41, 5.74) is 3.51. The zero-order chi connectivity index (χ0) is 15.1. The van der Waals surface area contributed by atoms with Crippen LogP contribution in [0.4, 0.5) is 5.69 Å². The Labute approximate surface area is 125 Å². The van der Waals surface area contributed by atoms with E-state index in [0.717, 1.165) is 29.9 Å². The number of carbonyl (C=O) groups is 1. The van der Waals surface area contributed by atoms with Gasteiger partial charge in [-0.15, -0.1) is 0 Å². The van der Waals surface area contributed by atoms with E-state index in [4.69, 9.17) is 0 Å². The van der Waals surface area contributed by atoms with Crippen LogP contribution in [0.25, 0.3) is 0 Å². The molecule has 0 fully saturated rings. The predicted molar refractivity (Wildman–Crippen MR) is 85.4 cm³/mol. The minimum absolute atomic E-state index is 0.0743. The summed E-state index contributed by atoms with van der Waals surface area (Å²) in [6.07, 6.45) is 2.81. The van der Waals surface area contributed by atoms with Gasteiger partial charge in [-0.3, -0.25) is 9.78 Å². The minimum atomic E-state index is -0.0743. The number of nitrogens with zero attached hydrogens (tertiary/aromatic N) is 1. The molecule has 0 aliphatic heterocycles. The monoisotopic (exact) mass is 283 g/mol. The standard InChI is InChI=1S/C17H21N3O/c1-3-10-18-16-7-5-4-6-15(16)17(21)20-12-14-9-8-13(2)19-11-14/h4-9,11,18H,3,10,12H2,1-2H3,(H,20,21). The van der Waals surface area contributed by atoms with Crippen LogP contribution in [0.1, 0.15) is 35.0 Å². The van der Waals surface area contributed by atoms with Crippen molar-refractivity contribution in [1.29, 1.82) is 0 Å². The van der Waals surface area contributed by atoms with Gasteiger partial charge in [-0.25, -0.2) is 0 Å². The third-order valence-electron chi connectivity index (χ3n) is 3.16. The summed E-state index contributed by atoms with van der Waals surface area (Å²) in [7, 11) is 0. The molecule has 4 heteroatoms. The largest absolute Gasteiger partial charge is 0.384 e. The Hall–Kier alpha value is -2.36. The van der Waals surface area contributed by atoms with E-state index >= 15 is 0 Å². The van der Waals surface area contributed by atoms with Crippen LogP contribution >= 0.6 is 0 Å². The summed E-state index contributed by atoms with van der Waals surface area (Å²) in [5.74, 6) is -0.0743. The molecule has 0 saturated carbocycles. The summed E-state index contributed by atoms with van der Waals surface area (Å²) >= 11 is 0. The quantitative estimate of drug-likeness (QED) is 0.856. The van der Waals surface area contributed by atoms with Crippen molar-refractivity contribution in [1.82, 2.24) is 10.3 Å². The number of pyridine rings is 1. The molecule has 0 unspecified atom stereocenters. The minimum Gasteiger partial charge on any atom is -0.384 e. The molecule has 0 aliphatic rings. The summed E-state index contributed by atoms with van der Waals surface area (Å²) < 4.78 is 0. The van der Waals surface area contributed by atoms with Crippen LogP contribution in [0.2, 0.25) is 0 Å². The first-order valence-corrected chi connectivity index (χ1v) is 7.23. The lowest BCUT2D eigenvalue weighted by atomic mass is 10.1. The van der Waals surface area contributed by atoms with Crippen molar-refractivity contribution in [3.63, 3.8) is 0 Å². The van der Waals surface area contributed by atoms with Crippen LogP contribution in [-0.2, 0) is 6.54 Å². The number of rotatable bonds is 6. The van der Waals surface area contributed by atoms with Gasteiger partial charge < -0.3 is 10.6 Å². The number of carbonyl (C=O) groups excluding carboxylic acids is 1. The molecule has 1 amide bonds. The molecule has 2 N–H and O–H groups in total. The first-order valence-electron chi connectivity index (χ1n) is 7.23. The molecule has 1 aromatic heterocycles. The van der Waals surface area contributed by atoms with Crippen molar-refractivity contribution >= 4 is 11.6 Å². The van der Waals surface area contributed by atoms with Crippen molar-refractivity contribution in [3.8, 4) is 0 Å². The van der Waals surface area contributed by atoms with Gasteiger partial charge in [0, 0.05) is 30.7 Å². The lowest BCUT2D eigenvalue weighted by molar-refractivity contribution is 0.0951. The van der Waals surface area contributed by atoms with E-state index in [9.17, 15) is 4.79 Å². The number of benzene rings is 1. The lowest BCUT2D eigenvalue weighted by Gasteiger charge is -2.11. The van der Waals surface area contributed by atoms with Crippen molar-refractivity contribution in [2.24, 2.45) is 0 Å².